The summed E-state index contributed by atoms with van der Waals surface area (Å²) in [5.74, 6) is 7.12. The lowest BCUT2D eigenvalue weighted by molar-refractivity contribution is 0.178. The lowest BCUT2D eigenvalue weighted by Crippen LogP contribution is -2.11. The highest BCUT2D eigenvalue weighted by Crippen LogP contribution is 2.19. The number of aromatic nitrogens is 2. The zero-order valence-corrected chi connectivity index (χ0v) is 12.1. The fourth-order valence-electron chi connectivity index (χ4n) is 1.88. The van der Waals surface area contributed by atoms with Crippen molar-refractivity contribution in [3.63, 3.8) is 0 Å². The van der Waals surface area contributed by atoms with Gasteiger partial charge in [-0.25, -0.2) is 15.8 Å². The minimum Gasteiger partial charge on any atom is -0.380 e. The number of methoxy groups -OCH3 is 2. The Morgan fingerprint density at radius 2 is 1.81 bits per heavy atom. The Bertz CT molecular complexity index is 591. The van der Waals surface area contributed by atoms with Crippen molar-refractivity contribution in [3.8, 4) is 0 Å². The molecular formula is C14H19N5O2. The molecule has 0 amide bonds. The number of hydrogen-bond acceptors (Lipinski definition) is 7. The van der Waals surface area contributed by atoms with E-state index in [1.807, 2.05) is 24.3 Å². The second kappa shape index (κ2) is 7.53. The Kier molecular flexibility index (Phi) is 5.44. The van der Waals surface area contributed by atoms with Gasteiger partial charge in [0.2, 0.25) is 0 Å². The quantitative estimate of drug-likeness (QED) is 0.528. The lowest BCUT2D eigenvalue weighted by Gasteiger charge is -2.10. The summed E-state index contributed by atoms with van der Waals surface area (Å²) >= 11 is 0. The molecule has 4 N–H and O–H groups in total. The third-order valence-electron chi connectivity index (χ3n) is 2.70. The van der Waals surface area contributed by atoms with E-state index in [-0.39, 0.29) is 0 Å². The van der Waals surface area contributed by atoms with Crippen molar-refractivity contribution in [2.75, 3.05) is 25.0 Å². The monoisotopic (exact) mass is 289 g/mol. The maximum atomic E-state index is 5.42. The molecule has 0 aliphatic carbocycles. The number of rotatable bonds is 7. The van der Waals surface area contributed by atoms with Crippen molar-refractivity contribution in [3.05, 3.63) is 41.7 Å². The predicted molar refractivity (Wildman–Crippen MR) is 81.0 cm³/mol. The third kappa shape index (κ3) is 4.38. The maximum absolute atomic E-state index is 5.42. The number of nitrogens with zero attached hydrogens (tertiary/aromatic N) is 2. The molecule has 2 aromatic rings. The van der Waals surface area contributed by atoms with Gasteiger partial charge < -0.3 is 20.2 Å². The molecule has 0 saturated carbocycles. The first-order valence-electron chi connectivity index (χ1n) is 6.43. The molecule has 1 aromatic carbocycles. The molecule has 0 unspecified atom stereocenters. The molecule has 0 atom stereocenters. The normalized spacial score (nSPS) is 10.4. The topological polar surface area (TPSA) is 94.3 Å². The zero-order chi connectivity index (χ0) is 15.1. The summed E-state index contributed by atoms with van der Waals surface area (Å²) in [6, 6.07) is 9.63. The lowest BCUT2D eigenvalue weighted by atomic mass is 10.2. The summed E-state index contributed by atoms with van der Waals surface area (Å²) in [5.41, 5.74) is 4.50. The van der Waals surface area contributed by atoms with Crippen molar-refractivity contribution < 1.29 is 9.47 Å². The van der Waals surface area contributed by atoms with Gasteiger partial charge in [-0.15, -0.1) is 0 Å². The average molecular weight is 289 g/mol. The second-order valence-electron chi connectivity index (χ2n) is 4.39. The van der Waals surface area contributed by atoms with E-state index in [1.165, 1.54) is 0 Å². The van der Waals surface area contributed by atoms with E-state index < -0.39 is 0 Å². The van der Waals surface area contributed by atoms with E-state index in [4.69, 9.17) is 15.3 Å². The maximum Gasteiger partial charge on any atom is 0.158 e. The van der Waals surface area contributed by atoms with Crippen LogP contribution in [0.25, 0.3) is 0 Å². The highest BCUT2D eigenvalue weighted by Gasteiger charge is 2.05. The van der Waals surface area contributed by atoms with E-state index in [0.29, 0.717) is 30.7 Å². The summed E-state index contributed by atoms with van der Waals surface area (Å²) in [6.45, 7) is 0.873. The molecule has 112 valence electrons. The Balaban J connectivity index is 2.21. The van der Waals surface area contributed by atoms with Gasteiger partial charge in [-0.1, -0.05) is 12.1 Å². The van der Waals surface area contributed by atoms with Crippen LogP contribution in [0, 0.1) is 0 Å². The summed E-state index contributed by atoms with van der Waals surface area (Å²) in [7, 11) is 3.26. The van der Waals surface area contributed by atoms with Gasteiger partial charge >= 0.3 is 0 Å². The molecule has 0 aliphatic rings. The van der Waals surface area contributed by atoms with Gasteiger partial charge in [-0.2, -0.15) is 0 Å². The molecule has 7 nitrogen and oxygen atoms in total. The van der Waals surface area contributed by atoms with Gasteiger partial charge in [0, 0.05) is 26.0 Å². The number of nitrogen functional groups attached to an aromatic ring is 1. The van der Waals surface area contributed by atoms with Crippen LogP contribution in [0.2, 0.25) is 0 Å². The third-order valence-corrected chi connectivity index (χ3v) is 2.70. The van der Waals surface area contributed by atoms with Gasteiger partial charge in [0.15, 0.2) is 5.82 Å². The Labute approximate surface area is 123 Å². The molecule has 1 aromatic heterocycles. The fraction of sp³-hybridized carbons (Fsp3) is 0.286. The number of nitrogens with two attached hydrogens (primary N) is 1. The van der Waals surface area contributed by atoms with E-state index in [9.17, 15) is 0 Å². The molecule has 0 radical (unpaired) electrons. The number of nitrogens with one attached hydrogen (secondary N) is 2. The van der Waals surface area contributed by atoms with Crippen LogP contribution in [-0.4, -0.2) is 24.2 Å². The van der Waals surface area contributed by atoms with Gasteiger partial charge in [0.05, 0.1) is 6.61 Å². The Hall–Kier alpha value is -2.22. The van der Waals surface area contributed by atoms with Crippen molar-refractivity contribution in [2.45, 2.75) is 13.2 Å². The molecule has 0 aliphatic heterocycles. The standard InChI is InChI=1S/C14H19N5O2/c1-20-8-10-4-3-5-11(6-10)16-12-7-13(19-15)18-14(17-12)9-21-2/h3-7H,8-9,15H2,1-2H3,(H2,16,17,18,19). The molecule has 0 bridgehead atoms. The molecule has 21 heavy (non-hydrogen) atoms. The van der Waals surface area contributed by atoms with Crippen LogP contribution in [0.1, 0.15) is 11.4 Å². The van der Waals surface area contributed by atoms with Gasteiger partial charge in [-0.05, 0) is 17.7 Å². The Morgan fingerprint density at radius 3 is 2.52 bits per heavy atom. The first kappa shape index (κ1) is 15.2. The zero-order valence-electron chi connectivity index (χ0n) is 12.1. The van der Waals surface area contributed by atoms with E-state index >= 15 is 0 Å². The molecular weight excluding hydrogens is 270 g/mol. The molecule has 0 fully saturated rings. The second-order valence-corrected chi connectivity index (χ2v) is 4.39. The number of benzene rings is 1. The van der Waals surface area contributed by atoms with E-state index in [0.717, 1.165) is 11.3 Å². The van der Waals surface area contributed by atoms with Crippen molar-refractivity contribution in [2.24, 2.45) is 5.84 Å². The van der Waals surface area contributed by atoms with Gasteiger partial charge in [0.25, 0.3) is 0 Å². The molecule has 7 heteroatoms. The van der Waals surface area contributed by atoms with Crippen LogP contribution in [-0.2, 0) is 22.7 Å². The van der Waals surface area contributed by atoms with Crippen LogP contribution in [0.4, 0.5) is 17.3 Å². The average Bonchev–Trinajstić information content (AvgIpc) is 2.48. The number of hydrogen-bond donors (Lipinski definition) is 3. The highest BCUT2D eigenvalue weighted by atomic mass is 16.5. The first-order chi connectivity index (χ1) is 10.2. The smallest absolute Gasteiger partial charge is 0.158 e. The summed E-state index contributed by atoms with van der Waals surface area (Å²) < 4.78 is 10.2. The van der Waals surface area contributed by atoms with Crippen molar-refractivity contribution in [1.82, 2.24) is 9.97 Å². The summed E-state index contributed by atoms with van der Waals surface area (Å²) in [4.78, 5) is 8.57. The first-order valence-corrected chi connectivity index (χ1v) is 6.43. The fourth-order valence-corrected chi connectivity index (χ4v) is 1.88. The van der Waals surface area contributed by atoms with Crippen molar-refractivity contribution in [1.29, 1.82) is 0 Å². The van der Waals surface area contributed by atoms with Crippen LogP contribution >= 0.6 is 0 Å². The van der Waals surface area contributed by atoms with Crippen LogP contribution in [0.5, 0.6) is 0 Å². The van der Waals surface area contributed by atoms with Crippen LogP contribution < -0.4 is 16.6 Å². The minimum absolute atomic E-state index is 0.313. The predicted octanol–water partition coefficient (Wildman–Crippen LogP) is 1.80. The van der Waals surface area contributed by atoms with Crippen LogP contribution in [0.15, 0.2) is 30.3 Å². The number of anilines is 3. The molecule has 2 rings (SSSR count). The Morgan fingerprint density at radius 1 is 1.05 bits per heavy atom. The number of ether oxygens (including phenoxy) is 2. The largest absolute Gasteiger partial charge is 0.380 e. The van der Waals surface area contributed by atoms with Crippen molar-refractivity contribution >= 4 is 17.3 Å². The number of hydrazine groups is 1. The SMILES string of the molecule is COCc1cccc(Nc2cc(NN)nc(COC)n2)c1. The van der Waals surface area contributed by atoms with Crippen LogP contribution in [0.3, 0.4) is 0 Å². The summed E-state index contributed by atoms with van der Waals surface area (Å²) in [6.07, 6.45) is 0. The minimum atomic E-state index is 0.313. The summed E-state index contributed by atoms with van der Waals surface area (Å²) in [5, 5.41) is 3.22. The molecule has 0 spiro atoms. The van der Waals surface area contributed by atoms with Gasteiger partial charge in [-0.3, -0.25) is 0 Å². The highest BCUT2D eigenvalue weighted by molar-refractivity contribution is 5.59. The van der Waals surface area contributed by atoms with Gasteiger partial charge in [0.1, 0.15) is 18.2 Å². The van der Waals surface area contributed by atoms with E-state index in [1.54, 1.807) is 20.3 Å². The molecule has 1 heterocycles. The molecule has 0 saturated heterocycles. The van der Waals surface area contributed by atoms with E-state index in [2.05, 4.69) is 20.7 Å².